The second-order valence-electron chi connectivity index (χ2n) is 7.20. The van der Waals surface area contributed by atoms with E-state index < -0.39 is 0 Å². The maximum atomic E-state index is 12.5. The molecule has 1 amide bonds. The lowest BCUT2D eigenvalue weighted by molar-refractivity contribution is -0.117. The van der Waals surface area contributed by atoms with Crippen molar-refractivity contribution in [3.05, 3.63) is 65.4 Å². The number of anilines is 1. The van der Waals surface area contributed by atoms with Crippen molar-refractivity contribution < 1.29 is 4.79 Å². The largest absolute Gasteiger partial charge is 0.358 e. The number of benzene rings is 2. The Balaban J connectivity index is 1.43. The molecule has 4 heteroatoms. The second-order valence-corrected chi connectivity index (χ2v) is 7.20. The topological polar surface area (TPSA) is 56.9 Å². The number of carbonyl (C=O) groups excluding carboxylic acids is 1. The van der Waals surface area contributed by atoms with Gasteiger partial charge in [-0.2, -0.15) is 0 Å². The zero-order valence-electron chi connectivity index (χ0n) is 14.0. The molecule has 1 unspecified atom stereocenters. The van der Waals surface area contributed by atoms with Crippen LogP contribution in [0.5, 0.6) is 0 Å². The van der Waals surface area contributed by atoms with Crippen LogP contribution in [0.2, 0.25) is 0 Å². The van der Waals surface area contributed by atoms with Crippen LogP contribution < -0.4 is 10.6 Å². The number of amides is 1. The van der Waals surface area contributed by atoms with Gasteiger partial charge in [0.1, 0.15) is 0 Å². The molecule has 126 valence electrons. The van der Waals surface area contributed by atoms with Gasteiger partial charge in [-0.05, 0) is 60.0 Å². The predicted octanol–water partition coefficient (Wildman–Crippen LogP) is 3.70. The fourth-order valence-corrected chi connectivity index (χ4v) is 3.66. The number of hydrogen-bond donors (Lipinski definition) is 3. The van der Waals surface area contributed by atoms with Gasteiger partial charge in [-0.3, -0.25) is 4.79 Å². The first-order valence-electron chi connectivity index (χ1n) is 9.00. The first kappa shape index (κ1) is 14.7. The van der Waals surface area contributed by atoms with Gasteiger partial charge in [0.05, 0.1) is 5.92 Å². The van der Waals surface area contributed by atoms with Crippen molar-refractivity contribution in [3.8, 4) is 0 Å². The summed E-state index contributed by atoms with van der Waals surface area (Å²) in [4.78, 5) is 16.0. The summed E-state index contributed by atoms with van der Waals surface area (Å²) >= 11 is 0. The highest BCUT2D eigenvalue weighted by Gasteiger charge is 2.28. The quantitative estimate of drug-likeness (QED) is 0.683. The van der Waals surface area contributed by atoms with Crippen molar-refractivity contribution >= 4 is 22.5 Å². The standard InChI is InChI=1S/C21H21N3O/c25-21-17(10-14-3-1-2-4-18(14)24-21)20-11-15-9-13(5-8-19(15)23-20)12-22-16-6-7-16/h1-5,8-9,11,16-17,22-23H,6-7,10,12H2,(H,24,25). The molecule has 1 aliphatic heterocycles. The van der Waals surface area contributed by atoms with Crippen LogP contribution in [0.3, 0.4) is 0 Å². The molecule has 2 heterocycles. The number of fused-ring (bicyclic) bond motifs is 2. The van der Waals surface area contributed by atoms with Crippen LogP contribution in [-0.2, 0) is 17.8 Å². The minimum absolute atomic E-state index is 0.0703. The van der Waals surface area contributed by atoms with Crippen LogP contribution in [-0.4, -0.2) is 16.9 Å². The first-order chi connectivity index (χ1) is 12.3. The van der Waals surface area contributed by atoms with Gasteiger partial charge in [-0.1, -0.05) is 24.3 Å². The molecule has 1 saturated carbocycles. The zero-order valence-corrected chi connectivity index (χ0v) is 14.0. The molecule has 4 nitrogen and oxygen atoms in total. The van der Waals surface area contributed by atoms with E-state index in [1.807, 2.05) is 18.2 Å². The van der Waals surface area contributed by atoms with Crippen molar-refractivity contribution in [2.45, 2.75) is 37.8 Å². The number of nitrogens with one attached hydrogen (secondary N) is 3. The lowest BCUT2D eigenvalue weighted by Crippen LogP contribution is -2.28. The molecule has 3 N–H and O–H groups in total. The molecule has 1 fully saturated rings. The lowest BCUT2D eigenvalue weighted by Gasteiger charge is -2.23. The number of aromatic amines is 1. The molecule has 0 saturated heterocycles. The Morgan fingerprint density at radius 2 is 1.96 bits per heavy atom. The van der Waals surface area contributed by atoms with Gasteiger partial charge in [-0.25, -0.2) is 0 Å². The monoisotopic (exact) mass is 331 g/mol. The predicted molar refractivity (Wildman–Crippen MR) is 99.7 cm³/mol. The maximum absolute atomic E-state index is 12.5. The van der Waals surface area contributed by atoms with Gasteiger partial charge in [0, 0.05) is 29.5 Å². The van der Waals surface area contributed by atoms with E-state index in [1.54, 1.807) is 0 Å². The van der Waals surface area contributed by atoms with Crippen molar-refractivity contribution in [2.24, 2.45) is 0 Å². The van der Waals surface area contributed by atoms with Crippen molar-refractivity contribution in [1.82, 2.24) is 10.3 Å². The lowest BCUT2D eigenvalue weighted by atomic mass is 9.91. The fourth-order valence-electron chi connectivity index (χ4n) is 3.66. The Hall–Kier alpha value is -2.59. The summed E-state index contributed by atoms with van der Waals surface area (Å²) in [5.74, 6) is -0.0868. The summed E-state index contributed by atoms with van der Waals surface area (Å²) in [7, 11) is 0. The molecule has 1 aromatic heterocycles. The minimum Gasteiger partial charge on any atom is -0.358 e. The van der Waals surface area contributed by atoms with Crippen LogP contribution >= 0.6 is 0 Å². The zero-order chi connectivity index (χ0) is 16.8. The normalized spacial score (nSPS) is 19.7. The first-order valence-corrected chi connectivity index (χ1v) is 9.00. The Morgan fingerprint density at radius 1 is 1.08 bits per heavy atom. The van der Waals surface area contributed by atoms with E-state index in [9.17, 15) is 4.79 Å². The molecular weight excluding hydrogens is 310 g/mol. The summed E-state index contributed by atoms with van der Waals surface area (Å²) in [5, 5.41) is 7.76. The van der Waals surface area contributed by atoms with Gasteiger partial charge in [0.2, 0.25) is 5.91 Å². The summed E-state index contributed by atoms with van der Waals surface area (Å²) in [6, 6.07) is 17.4. The molecular formula is C21H21N3O. The molecule has 1 atom stereocenters. The Morgan fingerprint density at radius 3 is 2.84 bits per heavy atom. The highest BCUT2D eigenvalue weighted by Crippen LogP contribution is 2.32. The summed E-state index contributed by atoms with van der Waals surface area (Å²) in [5.41, 5.74) is 5.52. The number of aromatic nitrogens is 1. The van der Waals surface area contributed by atoms with Gasteiger partial charge in [-0.15, -0.1) is 0 Å². The SMILES string of the molecule is O=C1Nc2ccccc2CC1c1cc2cc(CNC3CC3)ccc2[nH]1. The summed E-state index contributed by atoms with van der Waals surface area (Å²) in [6.07, 6.45) is 3.34. The van der Waals surface area contributed by atoms with Crippen LogP contribution in [0.1, 0.15) is 35.6 Å². The van der Waals surface area contributed by atoms with Gasteiger partial charge >= 0.3 is 0 Å². The number of H-pyrrole nitrogens is 1. The van der Waals surface area contributed by atoms with Crippen molar-refractivity contribution in [1.29, 1.82) is 0 Å². The highest BCUT2D eigenvalue weighted by atomic mass is 16.2. The van der Waals surface area contributed by atoms with Crippen molar-refractivity contribution in [2.75, 3.05) is 5.32 Å². The Bertz CT molecular complexity index is 955. The van der Waals surface area contributed by atoms with Crippen LogP contribution in [0.4, 0.5) is 5.69 Å². The van der Waals surface area contributed by atoms with Crippen LogP contribution in [0.25, 0.3) is 10.9 Å². The molecule has 2 aliphatic rings. The van der Waals surface area contributed by atoms with E-state index >= 15 is 0 Å². The minimum atomic E-state index is -0.157. The number of carbonyl (C=O) groups is 1. The number of rotatable bonds is 4. The van der Waals surface area contributed by atoms with E-state index in [2.05, 4.69) is 45.9 Å². The third-order valence-corrected chi connectivity index (χ3v) is 5.27. The summed E-state index contributed by atoms with van der Waals surface area (Å²) in [6.45, 7) is 0.915. The molecule has 0 bridgehead atoms. The molecule has 0 spiro atoms. The highest BCUT2D eigenvalue weighted by molar-refractivity contribution is 5.99. The molecule has 5 rings (SSSR count). The van der Waals surface area contributed by atoms with E-state index in [0.29, 0.717) is 6.04 Å². The molecule has 1 aliphatic carbocycles. The smallest absolute Gasteiger partial charge is 0.233 e. The molecule has 25 heavy (non-hydrogen) atoms. The van der Waals surface area contributed by atoms with Crippen LogP contribution in [0.15, 0.2) is 48.5 Å². The summed E-state index contributed by atoms with van der Waals surface area (Å²) < 4.78 is 0. The van der Waals surface area contributed by atoms with Gasteiger partial charge in [0.25, 0.3) is 0 Å². The Kier molecular flexibility index (Phi) is 3.38. The van der Waals surface area contributed by atoms with E-state index in [-0.39, 0.29) is 11.8 Å². The third-order valence-electron chi connectivity index (χ3n) is 5.27. The maximum Gasteiger partial charge on any atom is 0.233 e. The van der Waals surface area contributed by atoms with Gasteiger partial charge < -0.3 is 15.6 Å². The number of para-hydroxylation sites is 1. The molecule has 0 radical (unpaired) electrons. The Labute approximate surface area is 146 Å². The molecule has 2 aromatic carbocycles. The van der Waals surface area contributed by atoms with E-state index in [0.717, 1.165) is 29.9 Å². The van der Waals surface area contributed by atoms with Gasteiger partial charge in [0.15, 0.2) is 0 Å². The molecule has 3 aromatic rings. The third kappa shape index (κ3) is 2.83. The second kappa shape index (κ2) is 5.74. The fraction of sp³-hybridized carbons (Fsp3) is 0.286. The average Bonchev–Trinajstić information content (AvgIpc) is 3.36. The van der Waals surface area contributed by atoms with E-state index in [4.69, 9.17) is 0 Å². The number of hydrogen-bond acceptors (Lipinski definition) is 2. The van der Waals surface area contributed by atoms with E-state index in [1.165, 1.54) is 29.4 Å². The van der Waals surface area contributed by atoms with Crippen LogP contribution in [0, 0.1) is 0 Å². The average molecular weight is 331 g/mol. The van der Waals surface area contributed by atoms with Crippen molar-refractivity contribution in [3.63, 3.8) is 0 Å².